The van der Waals surface area contributed by atoms with Crippen molar-refractivity contribution in [2.45, 2.75) is 11.8 Å². The smallest absolute Gasteiger partial charge is 0.0732 e. The third kappa shape index (κ3) is 0.938. The molecule has 1 heterocycles. The molecule has 0 aromatic heterocycles. The van der Waals surface area contributed by atoms with E-state index in [-0.39, 0.29) is 0 Å². The molecule has 1 aliphatic rings. The van der Waals surface area contributed by atoms with Gasteiger partial charge in [-0.1, -0.05) is 15.9 Å². The lowest BCUT2D eigenvalue weighted by Crippen LogP contribution is -2.11. The molecule has 1 rings (SSSR count). The molecule has 7 heavy (non-hydrogen) atoms. The number of alkyl halides is 1. The van der Waals surface area contributed by atoms with Crippen LogP contribution in [0.4, 0.5) is 0 Å². The van der Waals surface area contributed by atoms with E-state index in [0.717, 1.165) is 12.3 Å². The molecule has 0 bridgehead atoms. The molecule has 0 spiro atoms. The van der Waals surface area contributed by atoms with E-state index in [0.29, 0.717) is 4.83 Å². The second-order valence-corrected chi connectivity index (χ2v) is 2.69. The number of hydrazone groups is 1. The van der Waals surface area contributed by atoms with Gasteiger partial charge in [0, 0.05) is 0 Å². The van der Waals surface area contributed by atoms with Crippen LogP contribution in [0.5, 0.6) is 0 Å². The lowest BCUT2D eigenvalue weighted by Gasteiger charge is -1.91. The second kappa shape index (κ2) is 1.82. The van der Waals surface area contributed by atoms with Crippen molar-refractivity contribution in [3.05, 3.63) is 0 Å². The number of nitrogens with one attached hydrogen (secondary N) is 1. The van der Waals surface area contributed by atoms with Crippen LogP contribution in [0.3, 0.4) is 0 Å². The Morgan fingerprint density at radius 1 is 2.00 bits per heavy atom. The highest BCUT2D eigenvalue weighted by atomic mass is 79.9. The first kappa shape index (κ1) is 5.09. The summed E-state index contributed by atoms with van der Waals surface area (Å²) >= 11 is 3.41. The van der Waals surface area contributed by atoms with E-state index in [1.165, 1.54) is 0 Å². The van der Waals surface area contributed by atoms with Crippen LogP contribution in [-0.2, 0) is 0 Å². The van der Waals surface area contributed by atoms with Gasteiger partial charge in [0.25, 0.3) is 0 Å². The Morgan fingerprint density at radius 3 is 2.86 bits per heavy atom. The molecule has 1 aliphatic heterocycles. The zero-order valence-electron chi connectivity index (χ0n) is 4.11. The summed E-state index contributed by atoms with van der Waals surface area (Å²) in [6, 6.07) is 0. The zero-order chi connectivity index (χ0) is 5.28. The number of nitrogens with zero attached hydrogens (tertiary/aromatic N) is 1. The second-order valence-electron chi connectivity index (χ2n) is 1.58. The molecule has 3 heteroatoms. The van der Waals surface area contributed by atoms with Gasteiger partial charge in [-0.15, -0.1) is 0 Å². The summed E-state index contributed by atoms with van der Waals surface area (Å²) in [5.41, 5.74) is 4.00. The van der Waals surface area contributed by atoms with Crippen LogP contribution in [0.15, 0.2) is 5.10 Å². The molecule has 0 amide bonds. The minimum atomic E-state index is 0.465. The normalized spacial score (nSPS) is 29.4. The van der Waals surface area contributed by atoms with Gasteiger partial charge >= 0.3 is 0 Å². The quantitative estimate of drug-likeness (QED) is 0.523. The van der Waals surface area contributed by atoms with Gasteiger partial charge in [0.05, 0.1) is 17.1 Å². The first-order valence-corrected chi connectivity index (χ1v) is 3.13. The van der Waals surface area contributed by atoms with E-state index >= 15 is 0 Å². The van der Waals surface area contributed by atoms with Gasteiger partial charge in [-0.2, -0.15) is 5.10 Å². The Morgan fingerprint density at radius 2 is 2.71 bits per heavy atom. The topological polar surface area (TPSA) is 24.4 Å². The Kier molecular flexibility index (Phi) is 1.32. The highest BCUT2D eigenvalue weighted by molar-refractivity contribution is 9.10. The fourth-order valence-corrected chi connectivity index (χ4v) is 0.715. The number of hydrogen-bond donors (Lipinski definition) is 1. The Hall–Kier alpha value is -0.0500. The molecule has 0 saturated heterocycles. The van der Waals surface area contributed by atoms with Crippen molar-refractivity contribution in [1.82, 2.24) is 5.43 Å². The first-order valence-electron chi connectivity index (χ1n) is 2.22. The predicted molar refractivity (Wildman–Crippen MR) is 33.8 cm³/mol. The molecule has 1 unspecified atom stereocenters. The molecule has 1 N–H and O–H groups in total. The van der Waals surface area contributed by atoms with Crippen molar-refractivity contribution >= 4 is 21.6 Å². The molecule has 0 saturated carbocycles. The van der Waals surface area contributed by atoms with Crippen LogP contribution in [-0.4, -0.2) is 17.1 Å². The lowest BCUT2D eigenvalue weighted by molar-refractivity contribution is 0.822. The van der Waals surface area contributed by atoms with Crippen LogP contribution >= 0.6 is 15.9 Å². The third-order valence-corrected chi connectivity index (χ3v) is 1.97. The summed E-state index contributed by atoms with van der Waals surface area (Å²) in [6.45, 7) is 2.94. The summed E-state index contributed by atoms with van der Waals surface area (Å²) < 4.78 is 0. The number of rotatable bonds is 0. The SMILES string of the molecule is CC1=NNCC1Br. The molecule has 0 fully saturated rings. The van der Waals surface area contributed by atoms with Crippen molar-refractivity contribution in [3.8, 4) is 0 Å². The van der Waals surface area contributed by atoms with E-state index in [2.05, 4.69) is 26.5 Å². The van der Waals surface area contributed by atoms with Crippen molar-refractivity contribution < 1.29 is 0 Å². The van der Waals surface area contributed by atoms with Crippen LogP contribution in [0.1, 0.15) is 6.92 Å². The average Bonchev–Trinajstić information content (AvgIpc) is 1.91. The van der Waals surface area contributed by atoms with Gasteiger partial charge in [0.1, 0.15) is 0 Å². The third-order valence-electron chi connectivity index (χ3n) is 0.979. The van der Waals surface area contributed by atoms with Crippen molar-refractivity contribution in [1.29, 1.82) is 0 Å². The Labute approximate surface area is 51.1 Å². The van der Waals surface area contributed by atoms with Crippen molar-refractivity contribution in [3.63, 3.8) is 0 Å². The molecule has 2 nitrogen and oxygen atoms in total. The summed E-state index contributed by atoms with van der Waals surface area (Å²) in [6.07, 6.45) is 0. The molecule has 0 aromatic carbocycles. The first-order chi connectivity index (χ1) is 3.30. The van der Waals surface area contributed by atoms with E-state index in [1.54, 1.807) is 0 Å². The van der Waals surface area contributed by atoms with Crippen molar-refractivity contribution in [2.24, 2.45) is 5.10 Å². The van der Waals surface area contributed by atoms with E-state index in [4.69, 9.17) is 0 Å². The maximum absolute atomic E-state index is 3.94. The summed E-state index contributed by atoms with van der Waals surface area (Å²) in [4.78, 5) is 0.465. The van der Waals surface area contributed by atoms with Gasteiger partial charge in [-0.25, -0.2) is 0 Å². The fraction of sp³-hybridized carbons (Fsp3) is 0.750. The fourth-order valence-electron chi connectivity index (χ4n) is 0.468. The summed E-state index contributed by atoms with van der Waals surface area (Å²) in [7, 11) is 0. The van der Waals surface area contributed by atoms with E-state index in [9.17, 15) is 0 Å². The number of hydrogen-bond acceptors (Lipinski definition) is 2. The lowest BCUT2D eigenvalue weighted by atomic mass is 10.3. The standard InChI is InChI=1S/C4H7BrN2/c1-3-4(5)2-6-7-3/h4,6H,2H2,1H3. The monoisotopic (exact) mass is 162 g/mol. The molecule has 0 aromatic rings. The largest absolute Gasteiger partial charge is 0.309 e. The van der Waals surface area contributed by atoms with E-state index < -0.39 is 0 Å². The van der Waals surface area contributed by atoms with Crippen LogP contribution < -0.4 is 5.43 Å². The van der Waals surface area contributed by atoms with Gasteiger partial charge in [-0.05, 0) is 6.92 Å². The molecule has 1 atom stereocenters. The maximum Gasteiger partial charge on any atom is 0.0732 e. The molecular weight excluding hydrogens is 156 g/mol. The highest BCUT2D eigenvalue weighted by Crippen LogP contribution is 2.04. The highest BCUT2D eigenvalue weighted by Gasteiger charge is 2.11. The minimum absolute atomic E-state index is 0.465. The predicted octanol–water partition coefficient (Wildman–Crippen LogP) is 0.729. The molecule has 0 radical (unpaired) electrons. The zero-order valence-corrected chi connectivity index (χ0v) is 5.70. The summed E-state index contributed by atoms with van der Waals surface area (Å²) in [5, 5.41) is 3.94. The van der Waals surface area contributed by atoms with Crippen LogP contribution in [0.25, 0.3) is 0 Å². The van der Waals surface area contributed by atoms with Gasteiger partial charge in [0.2, 0.25) is 0 Å². The molecule has 40 valence electrons. The Bertz CT molecular complexity index is 99.9. The van der Waals surface area contributed by atoms with Crippen LogP contribution in [0, 0.1) is 0 Å². The Balaban J connectivity index is 2.54. The summed E-state index contributed by atoms with van der Waals surface area (Å²) in [5.74, 6) is 0. The number of halogens is 1. The van der Waals surface area contributed by atoms with Gasteiger partial charge in [-0.3, -0.25) is 0 Å². The van der Waals surface area contributed by atoms with Gasteiger partial charge < -0.3 is 5.43 Å². The van der Waals surface area contributed by atoms with Gasteiger partial charge in [0.15, 0.2) is 0 Å². The average molecular weight is 163 g/mol. The van der Waals surface area contributed by atoms with Crippen molar-refractivity contribution in [2.75, 3.05) is 6.54 Å². The maximum atomic E-state index is 3.94. The molecular formula is C4H7BrN2. The van der Waals surface area contributed by atoms with Crippen LogP contribution in [0.2, 0.25) is 0 Å². The minimum Gasteiger partial charge on any atom is -0.309 e. The molecule has 0 aliphatic carbocycles. The van der Waals surface area contributed by atoms with E-state index in [1.807, 2.05) is 6.92 Å².